The van der Waals surface area contributed by atoms with Crippen molar-refractivity contribution in [2.45, 2.75) is 19.4 Å². The van der Waals surface area contributed by atoms with Crippen molar-refractivity contribution in [3.63, 3.8) is 0 Å². The summed E-state index contributed by atoms with van der Waals surface area (Å²) >= 11 is 0. The molecule has 0 spiro atoms. The van der Waals surface area contributed by atoms with Crippen molar-refractivity contribution in [2.75, 3.05) is 39.8 Å². The van der Waals surface area contributed by atoms with Gasteiger partial charge in [0.15, 0.2) is 0 Å². The Kier molecular flexibility index (Phi) is 5.37. The molecule has 0 radical (unpaired) electrons. The highest BCUT2D eigenvalue weighted by molar-refractivity contribution is 5.81. The van der Waals surface area contributed by atoms with E-state index < -0.39 is 0 Å². The number of rotatable bonds is 4. The van der Waals surface area contributed by atoms with Crippen molar-refractivity contribution >= 4 is 11.8 Å². The van der Waals surface area contributed by atoms with Gasteiger partial charge in [0.25, 0.3) is 0 Å². The number of nitrogens with two attached hydrogens (primary N) is 1. The molecular weight excluding hydrogens is 220 g/mol. The molecule has 0 bridgehead atoms. The maximum absolute atomic E-state index is 11.8. The second-order valence-corrected chi connectivity index (χ2v) is 4.29. The van der Waals surface area contributed by atoms with Crippen LogP contribution in [-0.4, -0.2) is 67.4 Å². The lowest BCUT2D eigenvalue weighted by Crippen LogP contribution is -2.54. The van der Waals surface area contributed by atoms with Crippen LogP contribution >= 0.6 is 0 Å². The molecule has 1 aliphatic rings. The number of nitrogens with one attached hydrogen (secondary N) is 1. The zero-order valence-electron chi connectivity index (χ0n) is 10.6. The number of amides is 2. The van der Waals surface area contributed by atoms with Gasteiger partial charge in [0.05, 0.1) is 12.6 Å². The number of hydrogen-bond donors (Lipinski definition) is 2. The molecule has 0 aromatic carbocycles. The predicted octanol–water partition coefficient (Wildman–Crippen LogP) is -1.39. The minimum absolute atomic E-state index is 0.00929. The van der Waals surface area contributed by atoms with Crippen LogP contribution in [0, 0.1) is 0 Å². The van der Waals surface area contributed by atoms with Crippen molar-refractivity contribution < 1.29 is 9.59 Å². The van der Waals surface area contributed by atoms with Crippen molar-refractivity contribution in [1.82, 2.24) is 15.1 Å². The molecule has 6 nitrogen and oxygen atoms in total. The number of carbonyl (C=O) groups is 2. The van der Waals surface area contributed by atoms with Crippen LogP contribution in [0.15, 0.2) is 0 Å². The predicted molar refractivity (Wildman–Crippen MR) is 65.4 cm³/mol. The van der Waals surface area contributed by atoms with E-state index in [1.165, 1.54) is 0 Å². The Morgan fingerprint density at radius 2 is 1.88 bits per heavy atom. The normalized spacial score (nSPS) is 18.9. The van der Waals surface area contributed by atoms with Crippen LogP contribution < -0.4 is 11.1 Å². The van der Waals surface area contributed by atoms with Crippen LogP contribution in [0.4, 0.5) is 0 Å². The molecule has 0 saturated carbocycles. The van der Waals surface area contributed by atoms with Gasteiger partial charge in [-0.3, -0.25) is 14.5 Å². The maximum Gasteiger partial charge on any atom is 0.239 e. The number of nitrogens with zero attached hydrogens (tertiary/aromatic N) is 2. The van der Waals surface area contributed by atoms with E-state index in [4.69, 9.17) is 5.73 Å². The van der Waals surface area contributed by atoms with E-state index in [2.05, 4.69) is 5.32 Å². The minimum Gasteiger partial charge on any atom is -0.358 e. The summed E-state index contributed by atoms with van der Waals surface area (Å²) in [7, 11) is 1.63. The van der Waals surface area contributed by atoms with E-state index in [9.17, 15) is 9.59 Å². The maximum atomic E-state index is 11.8. The van der Waals surface area contributed by atoms with E-state index in [0.717, 1.165) is 13.1 Å². The first kappa shape index (κ1) is 13.9. The Labute approximate surface area is 102 Å². The van der Waals surface area contributed by atoms with Gasteiger partial charge in [-0.2, -0.15) is 0 Å². The van der Waals surface area contributed by atoms with E-state index in [1.807, 2.05) is 11.8 Å². The van der Waals surface area contributed by atoms with Crippen LogP contribution in [-0.2, 0) is 9.59 Å². The lowest BCUT2D eigenvalue weighted by Gasteiger charge is -2.35. The number of likely N-dealkylation sites (N-methyl/N-ethyl adjacent to an activating group) is 1. The summed E-state index contributed by atoms with van der Waals surface area (Å²) in [4.78, 5) is 26.8. The van der Waals surface area contributed by atoms with Crippen molar-refractivity contribution in [1.29, 1.82) is 0 Å². The summed E-state index contributed by atoms with van der Waals surface area (Å²) in [6.45, 7) is 5.08. The number of piperazine rings is 1. The molecule has 0 aromatic heterocycles. The third-order valence-electron chi connectivity index (χ3n) is 3.09. The molecule has 1 fully saturated rings. The molecule has 17 heavy (non-hydrogen) atoms. The molecule has 1 atom stereocenters. The highest BCUT2D eigenvalue weighted by Crippen LogP contribution is 2.04. The molecule has 1 aliphatic heterocycles. The average molecular weight is 242 g/mol. The molecular formula is C11H22N4O2. The summed E-state index contributed by atoms with van der Waals surface area (Å²) < 4.78 is 0. The number of carbonyl (C=O) groups excluding carboxylic acids is 2. The zero-order valence-corrected chi connectivity index (χ0v) is 10.6. The fourth-order valence-electron chi connectivity index (χ4n) is 1.82. The molecule has 0 aromatic rings. The largest absolute Gasteiger partial charge is 0.358 e. The molecule has 1 saturated heterocycles. The second-order valence-electron chi connectivity index (χ2n) is 4.29. The van der Waals surface area contributed by atoms with Gasteiger partial charge in [-0.1, -0.05) is 6.92 Å². The molecule has 2 amide bonds. The van der Waals surface area contributed by atoms with Crippen molar-refractivity contribution in [3.05, 3.63) is 0 Å². The van der Waals surface area contributed by atoms with Crippen molar-refractivity contribution in [2.24, 2.45) is 5.73 Å². The first-order chi connectivity index (χ1) is 8.08. The van der Waals surface area contributed by atoms with Gasteiger partial charge in [-0.15, -0.1) is 0 Å². The van der Waals surface area contributed by atoms with Crippen LogP contribution in [0.25, 0.3) is 0 Å². The average Bonchev–Trinajstić information content (AvgIpc) is 2.37. The number of hydrogen-bond acceptors (Lipinski definition) is 4. The Morgan fingerprint density at radius 3 is 2.35 bits per heavy atom. The topological polar surface area (TPSA) is 78.7 Å². The highest BCUT2D eigenvalue weighted by Gasteiger charge is 2.24. The third kappa shape index (κ3) is 3.98. The van der Waals surface area contributed by atoms with Crippen molar-refractivity contribution in [3.8, 4) is 0 Å². The summed E-state index contributed by atoms with van der Waals surface area (Å²) in [6, 6.07) is -0.388. The monoisotopic (exact) mass is 242 g/mol. The third-order valence-corrected chi connectivity index (χ3v) is 3.09. The van der Waals surface area contributed by atoms with Gasteiger partial charge in [0, 0.05) is 33.2 Å². The van der Waals surface area contributed by atoms with E-state index in [-0.39, 0.29) is 17.9 Å². The second kappa shape index (κ2) is 6.56. The lowest BCUT2D eigenvalue weighted by atomic mass is 10.2. The Bertz CT molecular complexity index is 275. The first-order valence-corrected chi connectivity index (χ1v) is 6.05. The van der Waals surface area contributed by atoms with E-state index >= 15 is 0 Å². The SMILES string of the molecule is CC[C@H](N)C(=O)N1CCN(CC(=O)NC)CC1. The highest BCUT2D eigenvalue weighted by atomic mass is 16.2. The van der Waals surface area contributed by atoms with Gasteiger partial charge in [-0.25, -0.2) is 0 Å². The fraction of sp³-hybridized carbons (Fsp3) is 0.818. The molecule has 3 N–H and O–H groups in total. The van der Waals surface area contributed by atoms with Crippen LogP contribution in [0.5, 0.6) is 0 Å². The van der Waals surface area contributed by atoms with Gasteiger partial charge in [0.2, 0.25) is 11.8 Å². The lowest BCUT2D eigenvalue weighted by molar-refractivity contribution is -0.134. The van der Waals surface area contributed by atoms with Crippen LogP contribution in [0.3, 0.4) is 0 Å². The fourth-order valence-corrected chi connectivity index (χ4v) is 1.82. The van der Waals surface area contributed by atoms with Gasteiger partial charge >= 0.3 is 0 Å². The Morgan fingerprint density at radius 1 is 1.29 bits per heavy atom. The van der Waals surface area contributed by atoms with Gasteiger partial charge in [0.1, 0.15) is 0 Å². The van der Waals surface area contributed by atoms with Gasteiger partial charge in [-0.05, 0) is 6.42 Å². The standard InChI is InChI=1S/C11H22N4O2/c1-3-9(12)11(17)15-6-4-14(5-7-15)8-10(16)13-2/h9H,3-8,12H2,1-2H3,(H,13,16)/t9-/m0/s1. The summed E-state index contributed by atoms with van der Waals surface area (Å²) in [5.41, 5.74) is 5.72. The molecule has 0 unspecified atom stereocenters. The molecule has 6 heteroatoms. The van der Waals surface area contributed by atoms with Gasteiger partial charge < -0.3 is 16.0 Å². The van der Waals surface area contributed by atoms with E-state index in [0.29, 0.717) is 26.1 Å². The van der Waals surface area contributed by atoms with E-state index in [1.54, 1.807) is 11.9 Å². The van der Waals surface area contributed by atoms with Crippen LogP contribution in [0.1, 0.15) is 13.3 Å². The quantitative estimate of drug-likeness (QED) is 0.636. The smallest absolute Gasteiger partial charge is 0.239 e. The van der Waals surface area contributed by atoms with Crippen LogP contribution in [0.2, 0.25) is 0 Å². The Hall–Kier alpha value is -1.14. The summed E-state index contributed by atoms with van der Waals surface area (Å²) in [6.07, 6.45) is 0.664. The summed E-state index contributed by atoms with van der Waals surface area (Å²) in [5.74, 6) is 0.0297. The molecule has 98 valence electrons. The first-order valence-electron chi connectivity index (χ1n) is 6.05. The minimum atomic E-state index is -0.388. The molecule has 1 heterocycles. The molecule has 1 rings (SSSR count). The summed E-state index contributed by atoms with van der Waals surface area (Å²) in [5, 5.41) is 2.59. The molecule has 0 aliphatic carbocycles. The Balaban J connectivity index is 2.35. The zero-order chi connectivity index (χ0) is 12.8.